The predicted octanol–water partition coefficient (Wildman–Crippen LogP) is 3.62. The van der Waals surface area contributed by atoms with Crippen molar-refractivity contribution < 1.29 is 19.0 Å². The number of hydrogen-bond donors (Lipinski definition) is 1. The Morgan fingerprint density at radius 2 is 2.00 bits per heavy atom. The highest BCUT2D eigenvalue weighted by atomic mass is 35.5. The number of halogens is 1. The van der Waals surface area contributed by atoms with Crippen molar-refractivity contribution in [1.29, 1.82) is 0 Å². The summed E-state index contributed by atoms with van der Waals surface area (Å²) in [5, 5.41) is 3.11. The molecule has 2 aromatic rings. The quantitative estimate of drug-likeness (QED) is 0.612. The second-order valence-corrected chi connectivity index (χ2v) is 7.20. The number of carbonyl (C=O) groups excluding carboxylic acids is 1. The first kappa shape index (κ1) is 20.4. The van der Waals surface area contributed by atoms with Crippen molar-refractivity contribution in [3.63, 3.8) is 0 Å². The van der Waals surface area contributed by atoms with Crippen molar-refractivity contribution in [2.45, 2.75) is 32.5 Å². The predicted molar refractivity (Wildman–Crippen MR) is 107 cm³/mol. The SMILES string of the molecule is CC(=O)NCCOC1CC(COc2nccc(OCc3ccccc3)c2Cl)C1. The van der Waals surface area contributed by atoms with Crippen LogP contribution in [-0.2, 0) is 16.1 Å². The molecular weight excluding hydrogens is 380 g/mol. The van der Waals surface area contributed by atoms with Gasteiger partial charge in [-0.15, -0.1) is 0 Å². The second kappa shape index (κ2) is 10.3. The van der Waals surface area contributed by atoms with Crippen molar-refractivity contribution in [3.8, 4) is 11.6 Å². The Bertz CT molecular complexity index is 766. The van der Waals surface area contributed by atoms with Gasteiger partial charge in [-0.2, -0.15) is 0 Å². The summed E-state index contributed by atoms with van der Waals surface area (Å²) in [7, 11) is 0. The number of ether oxygens (including phenoxy) is 3. The average Bonchev–Trinajstić information content (AvgIpc) is 2.66. The fourth-order valence-corrected chi connectivity index (χ4v) is 3.17. The summed E-state index contributed by atoms with van der Waals surface area (Å²) in [5.74, 6) is 1.32. The average molecular weight is 405 g/mol. The number of benzene rings is 1. The van der Waals surface area contributed by atoms with E-state index in [1.165, 1.54) is 6.92 Å². The Morgan fingerprint density at radius 1 is 1.21 bits per heavy atom. The van der Waals surface area contributed by atoms with Gasteiger partial charge in [0, 0.05) is 25.7 Å². The number of aromatic nitrogens is 1. The molecule has 7 heteroatoms. The molecule has 1 amide bonds. The molecule has 0 aliphatic heterocycles. The van der Waals surface area contributed by atoms with Gasteiger partial charge in [0.25, 0.3) is 0 Å². The van der Waals surface area contributed by atoms with Crippen LogP contribution in [0.4, 0.5) is 0 Å². The molecule has 1 aliphatic carbocycles. The molecule has 6 nitrogen and oxygen atoms in total. The van der Waals surface area contributed by atoms with E-state index in [9.17, 15) is 4.79 Å². The van der Waals surface area contributed by atoms with Gasteiger partial charge < -0.3 is 19.5 Å². The van der Waals surface area contributed by atoms with Gasteiger partial charge in [-0.25, -0.2) is 4.98 Å². The minimum absolute atomic E-state index is 0.0390. The molecule has 1 saturated carbocycles. The maximum Gasteiger partial charge on any atom is 0.236 e. The minimum Gasteiger partial charge on any atom is -0.487 e. The van der Waals surface area contributed by atoms with E-state index in [-0.39, 0.29) is 12.0 Å². The van der Waals surface area contributed by atoms with Crippen LogP contribution in [0.5, 0.6) is 11.6 Å². The second-order valence-electron chi connectivity index (χ2n) is 6.83. The maximum absolute atomic E-state index is 10.8. The van der Waals surface area contributed by atoms with Gasteiger partial charge in [0.1, 0.15) is 17.4 Å². The highest BCUT2D eigenvalue weighted by molar-refractivity contribution is 6.33. The Kier molecular flexibility index (Phi) is 7.51. The first-order chi connectivity index (χ1) is 13.6. The van der Waals surface area contributed by atoms with Crippen LogP contribution in [0, 0.1) is 5.92 Å². The van der Waals surface area contributed by atoms with Crippen LogP contribution in [-0.4, -0.2) is 36.8 Å². The molecule has 1 fully saturated rings. The zero-order chi connectivity index (χ0) is 19.8. The van der Waals surface area contributed by atoms with E-state index >= 15 is 0 Å². The summed E-state index contributed by atoms with van der Waals surface area (Å²) >= 11 is 6.39. The highest BCUT2D eigenvalue weighted by Crippen LogP contribution is 2.35. The number of pyridine rings is 1. The lowest BCUT2D eigenvalue weighted by Crippen LogP contribution is -2.37. The Morgan fingerprint density at radius 3 is 2.75 bits per heavy atom. The molecule has 0 unspecified atom stereocenters. The fourth-order valence-electron chi connectivity index (χ4n) is 2.95. The van der Waals surface area contributed by atoms with Crippen molar-refractivity contribution in [2.75, 3.05) is 19.8 Å². The van der Waals surface area contributed by atoms with E-state index < -0.39 is 0 Å². The van der Waals surface area contributed by atoms with Gasteiger partial charge in [0.05, 0.1) is 19.3 Å². The number of hydrogen-bond acceptors (Lipinski definition) is 5. The highest BCUT2D eigenvalue weighted by Gasteiger charge is 2.30. The third-order valence-corrected chi connectivity index (χ3v) is 4.88. The summed E-state index contributed by atoms with van der Waals surface area (Å²) in [4.78, 5) is 15.0. The van der Waals surface area contributed by atoms with Crippen molar-refractivity contribution in [2.24, 2.45) is 5.92 Å². The molecular formula is C21H25ClN2O4. The Hall–Kier alpha value is -2.31. The van der Waals surface area contributed by atoms with Gasteiger partial charge in [0.2, 0.25) is 11.8 Å². The van der Waals surface area contributed by atoms with Gasteiger partial charge in [0.15, 0.2) is 0 Å². The third-order valence-electron chi connectivity index (χ3n) is 4.54. The standard InChI is InChI=1S/C21H25ClN2O4/c1-15(25)23-9-10-26-18-11-17(12-18)14-28-21-20(22)19(7-8-24-21)27-13-16-5-3-2-4-6-16/h2-8,17-18H,9-14H2,1H3,(H,23,25). The van der Waals surface area contributed by atoms with E-state index in [0.717, 1.165) is 18.4 Å². The first-order valence-corrected chi connectivity index (χ1v) is 9.79. The molecule has 1 aromatic carbocycles. The smallest absolute Gasteiger partial charge is 0.236 e. The third kappa shape index (κ3) is 6.11. The van der Waals surface area contributed by atoms with Crippen LogP contribution in [0.1, 0.15) is 25.3 Å². The molecule has 0 bridgehead atoms. The van der Waals surface area contributed by atoms with Gasteiger partial charge in [-0.3, -0.25) is 4.79 Å². The Labute approximate surface area is 170 Å². The van der Waals surface area contributed by atoms with E-state index in [4.69, 9.17) is 25.8 Å². The van der Waals surface area contributed by atoms with Crippen LogP contribution in [0.25, 0.3) is 0 Å². The maximum atomic E-state index is 10.8. The zero-order valence-corrected chi connectivity index (χ0v) is 16.7. The van der Waals surface area contributed by atoms with Crippen LogP contribution in [0.15, 0.2) is 42.6 Å². The van der Waals surface area contributed by atoms with Gasteiger partial charge >= 0.3 is 0 Å². The molecule has 1 aliphatic rings. The van der Waals surface area contributed by atoms with Crippen LogP contribution >= 0.6 is 11.6 Å². The minimum atomic E-state index is -0.0390. The van der Waals surface area contributed by atoms with Gasteiger partial charge in [-0.05, 0) is 24.3 Å². The molecule has 1 heterocycles. The molecule has 0 saturated heterocycles. The summed E-state index contributed by atoms with van der Waals surface area (Å²) < 4.78 is 17.3. The number of carbonyl (C=O) groups is 1. The Balaban J connectivity index is 1.39. The lowest BCUT2D eigenvalue weighted by Gasteiger charge is -2.34. The normalized spacial score (nSPS) is 18.2. The summed E-state index contributed by atoms with van der Waals surface area (Å²) in [6.45, 7) is 3.55. The molecule has 150 valence electrons. The molecule has 28 heavy (non-hydrogen) atoms. The van der Waals surface area contributed by atoms with Crippen molar-refractivity contribution >= 4 is 17.5 Å². The summed E-state index contributed by atoms with van der Waals surface area (Å²) in [6, 6.07) is 11.6. The summed E-state index contributed by atoms with van der Waals surface area (Å²) in [6.07, 6.45) is 3.73. The topological polar surface area (TPSA) is 69.7 Å². The number of nitrogens with zero attached hydrogens (tertiary/aromatic N) is 1. The van der Waals surface area contributed by atoms with E-state index in [1.54, 1.807) is 12.3 Å². The van der Waals surface area contributed by atoms with Crippen LogP contribution in [0.2, 0.25) is 5.02 Å². The monoisotopic (exact) mass is 404 g/mol. The molecule has 0 atom stereocenters. The first-order valence-electron chi connectivity index (χ1n) is 9.42. The number of amides is 1. The molecule has 1 aromatic heterocycles. The molecule has 3 rings (SSSR count). The number of nitrogens with one attached hydrogen (secondary N) is 1. The lowest BCUT2D eigenvalue weighted by atomic mass is 9.83. The van der Waals surface area contributed by atoms with E-state index in [2.05, 4.69) is 10.3 Å². The zero-order valence-electron chi connectivity index (χ0n) is 15.9. The molecule has 0 spiro atoms. The van der Waals surface area contributed by atoms with Gasteiger partial charge in [-0.1, -0.05) is 41.9 Å². The largest absolute Gasteiger partial charge is 0.487 e. The molecule has 1 N–H and O–H groups in total. The van der Waals surface area contributed by atoms with Crippen molar-refractivity contribution in [3.05, 3.63) is 53.2 Å². The van der Waals surface area contributed by atoms with Crippen molar-refractivity contribution in [1.82, 2.24) is 10.3 Å². The van der Waals surface area contributed by atoms with E-state index in [1.807, 2.05) is 30.3 Å². The fraction of sp³-hybridized carbons (Fsp3) is 0.429. The molecule has 0 radical (unpaired) electrons. The number of rotatable bonds is 10. The van der Waals surface area contributed by atoms with Crippen LogP contribution in [0.3, 0.4) is 0 Å². The summed E-state index contributed by atoms with van der Waals surface area (Å²) in [5.41, 5.74) is 1.07. The van der Waals surface area contributed by atoms with E-state index in [0.29, 0.717) is 48.9 Å². The van der Waals surface area contributed by atoms with Crippen LogP contribution < -0.4 is 14.8 Å². The lowest BCUT2D eigenvalue weighted by molar-refractivity contribution is -0.119.